The Hall–Kier alpha value is -1.36. The van der Waals surface area contributed by atoms with E-state index in [1.165, 1.54) is 19.1 Å². The summed E-state index contributed by atoms with van der Waals surface area (Å²) in [7, 11) is 0. The van der Waals surface area contributed by atoms with Crippen molar-refractivity contribution in [3.63, 3.8) is 0 Å². The number of aryl methyl sites for hydroxylation is 1. The van der Waals surface area contributed by atoms with Gasteiger partial charge in [0, 0.05) is 10.4 Å². The summed E-state index contributed by atoms with van der Waals surface area (Å²) in [5, 5.41) is 0. The maximum absolute atomic E-state index is 13.8. The third-order valence-electron chi connectivity index (χ3n) is 3.05. The zero-order valence-electron chi connectivity index (χ0n) is 10.6. The van der Waals surface area contributed by atoms with Crippen LogP contribution in [0.15, 0.2) is 30.3 Å². The molecule has 0 bridgehead atoms. The van der Waals surface area contributed by atoms with Gasteiger partial charge >= 0.3 is 0 Å². The van der Waals surface area contributed by atoms with E-state index in [2.05, 4.69) is 15.9 Å². The van der Waals surface area contributed by atoms with Gasteiger partial charge in [0.2, 0.25) is 0 Å². The van der Waals surface area contributed by atoms with Crippen LogP contribution in [0.1, 0.15) is 21.5 Å². The summed E-state index contributed by atoms with van der Waals surface area (Å²) < 4.78 is 53.9. The lowest BCUT2D eigenvalue weighted by molar-refractivity contribution is 0.497. The van der Waals surface area contributed by atoms with Crippen molar-refractivity contribution in [1.82, 2.24) is 0 Å². The second kappa shape index (κ2) is 5.95. The molecule has 2 rings (SSSR count). The van der Waals surface area contributed by atoms with E-state index in [0.717, 1.165) is 18.2 Å². The van der Waals surface area contributed by atoms with E-state index < -0.39 is 28.1 Å². The fraction of sp³-hybridized carbons (Fsp3) is 0.200. The zero-order chi connectivity index (χ0) is 14.9. The number of benzene rings is 2. The fourth-order valence-corrected chi connectivity index (χ4v) is 2.61. The minimum atomic E-state index is -0.968. The lowest BCUT2D eigenvalue weighted by atomic mass is 10.0. The lowest BCUT2D eigenvalue weighted by Gasteiger charge is -2.13. The highest BCUT2D eigenvalue weighted by molar-refractivity contribution is 9.09. The van der Waals surface area contributed by atoms with Crippen molar-refractivity contribution in [2.24, 2.45) is 0 Å². The molecule has 2 aromatic rings. The van der Waals surface area contributed by atoms with Gasteiger partial charge in [-0.05, 0) is 42.7 Å². The third kappa shape index (κ3) is 3.03. The van der Waals surface area contributed by atoms with Gasteiger partial charge in [-0.1, -0.05) is 28.1 Å². The van der Waals surface area contributed by atoms with Crippen LogP contribution in [0, 0.1) is 30.2 Å². The topological polar surface area (TPSA) is 0 Å². The highest BCUT2D eigenvalue weighted by atomic mass is 79.9. The Labute approximate surface area is 122 Å². The van der Waals surface area contributed by atoms with Gasteiger partial charge in [0.1, 0.15) is 11.6 Å². The van der Waals surface area contributed by atoms with Crippen molar-refractivity contribution in [2.45, 2.75) is 18.2 Å². The van der Waals surface area contributed by atoms with Crippen molar-refractivity contribution >= 4 is 15.9 Å². The summed E-state index contributed by atoms with van der Waals surface area (Å²) in [5.74, 6) is -3.05. The van der Waals surface area contributed by atoms with E-state index in [1.54, 1.807) is 0 Å². The van der Waals surface area contributed by atoms with Crippen LogP contribution < -0.4 is 0 Å². The Balaban J connectivity index is 2.31. The molecule has 0 heterocycles. The van der Waals surface area contributed by atoms with Crippen molar-refractivity contribution in [2.75, 3.05) is 0 Å². The first-order valence-corrected chi connectivity index (χ1v) is 6.84. The molecule has 5 heteroatoms. The van der Waals surface area contributed by atoms with Crippen LogP contribution in [0.25, 0.3) is 0 Å². The van der Waals surface area contributed by atoms with Gasteiger partial charge in [-0.15, -0.1) is 0 Å². The zero-order valence-corrected chi connectivity index (χ0v) is 12.1. The molecule has 0 amide bonds. The highest BCUT2D eigenvalue weighted by Crippen LogP contribution is 2.31. The molecule has 0 aromatic heterocycles. The summed E-state index contributed by atoms with van der Waals surface area (Å²) in [4.78, 5) is -0.645. The molecule has 0 aliphatic heterocycles. The first-order valence-electron chi connectivity index (χ1n) is 5.92. The second-order valence-electron chi connectivity index (χ2n) is 4.51. The van der Waals surface area contributed by atoms with Crippen molar-refractivity contribution in [1.29, 1.82) is 0 Å². The SMILES string of the molecule is Cc1cc(F)c(C(Br)Cc2cccc(F)c2F)cc1F. The number of alkyl halides is 1. The van der Waals surface area contributed by atoms with Gasteiger partial charge in [-0.25, -0.2) is 17.6 Å². The Kier molecular flexibility index (Phi) is 4.48. The van der Waals surface area contributed by atoms with Crippen LogP contribution in [-0.4, -0.2) is 0 Å². The average Bonchev–Trinajstić information content (AvgIpc) is 2.39. The summed E-state index contributed by atoms with van der Waals surface area (Å²) >= 11 is 3.20. The Morgan fingerprint density at radius 2 is 1.70 bits per heavy atom. The molecule has 0 aliphatic rings. The predicted octanol–water partition coefficient (Wildman–Crippen LogP) is 5.23. The van der Waals surface area contributed by atoms with E-state index in [1.807, 2.05) is 0 Å². The number of hydrogen-bond donors (Lipinski definition) is 0. The quantitative estimate of drug-likeness (QED) is 0.527. The molecular weight excluding hydrogens is 336 g/mol. The smallest absolute Gasteiger partial charge is 0.162 e. The Morgan fingerprint density at radius 1 is 1.00 bits per heavy atom. The van der Waals surface area contributed by atoms with Crippen LogP contribution in [0.5, 0.6) is 0 Å². The van der Waals surface area contributed by atoms with Crippen molar-refractivity contribution in [3.8, 4) is 0 Å². The van der Waals surface area contributed by atoms with Crippen LogP contribution in [-0.2, 0) is 6.42 Å². The largest absolute Gasteiger partial charge is 0.207 e. The van der Waals surface area contributed by atoms with Crippen LogP contribution in [0.2, 0.25) is 0 Å². The highest BCUT2D eigenvalue weighted by Gasteiger charge is 2.18. The van der Waals surface area contributed by atoms with Crippen LogP contribution in [0.4, 0.5) is 17.6 Å². The molecule has 0 N–H and O–H groups in total. The van der Waals surface area contributed by atoms with Crippen LogP contribution >= 0.6 is 15.9 Å². The molecular formula is C15H11BrF4. The van der Waals surface area contributed by atoms with Gasteiger partial charge in [0.25, 0.3) is 0 Å². The standard InChI is InChI=1S/C15H11BrF4/c1-8-5-14(19)10(7-13(8)18)11(16)6-9-3-2-4-12(17)15(9)20/h2-5,7,11H,6H2,1H3. The first kappa shape index (κ1) is 15.0. The molecule has 0 nitrogen and oxygen atoms in total. The molecule has 0 saturated carbocycles. The van der Waals surface area contributed by atoms with E-state index >= 15 is 0 Å². The average molecular weight is 347 g/mol. The Bertz CT molecular complexity index is 640. The maximum Gasteiger partial charge on any atom is 0.162 e. The number of halogens is 5. The van der Waals surface area contributed by atoms with Gasteiger partial charge in [-0.2, -0.15) is 0 Å². The molecule has 106 valence electrons. The summed E-state index contributed by atoms with van der Waals surface area (Å²) in [6.07, 6.45) is 0.0169. The molecule has 0 saturated heterocycles. The molecule has 0 fully saturated rings. The summed E-state index contributed by atoms with van der Waals surface area (Å²) in [6, 6.07) is 5.95. The molecule has 0 radical (unpaired) electrons. The minimum Gasteiger partial charge on any atom is -0.207 e. The monoisotopic (exact) mass is 346 g/mol. The first-order chi connectivity index (χ1) is 9.40. The van der Waals surface area contributed by atoms with Crippen LogP contribution in [0.3, 0.4) is 0 Å². The third-order valence-corrected chi connectivity index (χ3v) is 3.86. The van der Waals surface area contributed by atoms with E-state index in [-0.39, 0.29) is 23.1 Å². The summed E-state index contributed by atoms with van der Waals surface area (Å²) in [5.41, 5.74) is 0.381. The predicted molar refractivity (Wildman–Crippen MR) is 72.8 cm³/mol. The van der Waals surface area contributed by atoms with Crippen molar-refractivity contribution < 1.29 is 17.6 Å². The maximum atomic E-state index is 13.8. The van der Waals surface area contributed by atoms with Gasteiger partial charge in [0.15, 0.2) is 11.6 Å². The van der Waals surface area contributed by atoms with Gasteiger partial charge in [-0.3, -0.25) is 0 Å². The second-order valence-corrected chi connectivity index (χ2v) is 5.61. The van der Waals surface area contributed by atoms with E-state index in [0.29, 0.717) is 0 Å². The minimum absolute atomic E-state index is 0.0169. The molecule has 1 atom stereocenters. The lowest BCUT2D eigenvalue weighted by Crippen LogP contribution is -2.03. The van der Waals surface area contributed by atoms with Crippen molar-refractivity contribution in [3.05, 3.63) is 70.3 Å². The van der Waals surface area contributed by atoms with E-state index in [4.69, 9.17) is 0 Å². The fourth-order valence-electron chi connectivity index (χ4n) is 1.91. The normalized spacial score (nSPS) is 12.5. The molecule has 2 aromatic carbocycles. The molecule has 0 aliphatic carbocycles. The molecule has 0 spiro atoms. The summed E-state index contributed by atoms with van der Waals surface area (Å²) in [6.45, 7) is 1.46. The Morgan fingerprint density at radius 3 is 2.40 bits per heavy atom. The number of hydrogen-bond acceptors (Lipinski definition) is 0. The molecule has 20 heavy (non-hydrogen) atoms. The van der Waals surface area contributed by atoms with Gasteiger partial charge < -0.3 is 0 Å². The van der Waals surface area contributed by atoms with E-state index in [9.17, 15) is 17.6 Å². The molecule has 1 unspecified atom stereocenters. The van der Waals surface area contributed by atoms with Gasteiger partial charge in [0.05, 0.1) is 0 Å². The number of rotatable bonds is 3.